The molecule has 120 valence electrons. The zero-order valence-corrected chi connectivity index (χ0v) is 14.6. The average molecular weight is 377 g/mol. The van der Waals surface area contributed by atoms with Gasteiger partial charge < -0.3 is 9.47 Å². The third-order valence-corrected chi connectivity index (χ3v) is 3.86. The van der Waals surface area contributed by atoms with Gasteiger partial charge in [-0.15, -0.1) is 0 Å². The van der Waals surface area contributed by atoms with E-state index < -0.39 is 5.97 Å². The minimum absolute atomic E-state index is 0.0356. The van der Waals surface area contributed by atoms with Gasteiger partial charge >= 0.3 is 5.97 Å². The molecule has 23 heavy (non-hydrogen) atoms. The predicted octanol–water partition coefficient (Wildman–Crippen LogP) is 4.20. The lowest BCUT2D eigenvalue weighted by atomic mass is 10.1. The van der Waals surface area contributed by atoms with Gasteiger partial charge in [-0.25, -0.2) is 4.79 Å². The minimum Gasteiger partial charge on any atom is -0.481 e. The van der Waals surface area contributed by atoms with Crippen molar-refractivity contribution >= 4 is 27.7 Å². The van der Waals surface area contributed by atoms with Crippen LogP contribution in [-0.4, -0.2) is 18.4 Å². The number of ether oxygens (including phenoxy) is 2. The first-order valence-electron chi connectivity index (χ1n) is 7.22. The summed E-state index contributed by atoms with van der Waals surface area (Å²) in [5.74, 6) is 0.425. The molecule has 0 atom stereocenters. The van der Waals surface area contributed by atoms with Crippen LogP contribution < -0.4 is 9.47 Å². The quantitative estimate of drug-likeness (QED) is 0.430. The molecule has 0 unspecified atom stereocenters. The number of ketones is 1. The van der Waals surface area contributed by atoms with Crippen LogP contribution >= 0.6 is 15.9 Å². The molecule has 0 aliphatic heterocycles. The first-order valence-corrected chi connectivity index (χ1v) is 8.01. The zero-order valence-electron chi connectivity index (χ0n) is 13.0. The van der Waals surface area contributed by atoms with E-state index in [4.69, 9.17) is 9.47 Å². The van der Waals surface area contributed by atoms with Crippen molar-refractivity contribution < 1.29 is 19.1 Å². The molecule has 2 aromatic carbocycles. The van der Waals surface area contributed by atoms with Crippen LogP contribution in [-0.2, 0) is 11.2 Å². The zero-order chi connectivity index (χ0) is 16.8. The second-order valence-corrected chi connectivity index (χ2v) is 5.82. The molecule has 0 N–H and O–H groups in total. The summed E-state index contributed by atoms with van der Waals surface area (Å²) in [7, 11) is 0. The minimum atomic E-state index is -0.507. The molecule has 0 spiro atoms. The predicted molar refractivity (Wildman–Crippen MR) is 91.1 cm³/mol. The van der Waals surface area contributed by atoms with Gasteiger partial charge in [0.05, 0.1) is 4.47 Å². The highest BCUT2D eigenvalue weighted by molar-refractivity contribution is 9.10. The highest BCUT2D eigenvalue weighted by Crippen LogP contribution is 2.26. The summed E-state index contributed by atoms with van der Waals surface area (Å²) >= 11 is 3.42. The Morgan fingerprint density at radius 3 is 2.35 bits per heavy atom. The van der Waals surface area contributed by atoms with Gasteiger partial charge in [0.15, 0.2) is 12.4 Å². The van der Waals surface area contributed by atoms with Gasteiger partial charge in [-0.3, -0.25) is 4.79 Å². The van der Waals surface area contributed by atoms with Crippen LogP contribution in [0.3, 0.4) is 0 Å². The van der Waals surface area contributed by atoms with E-state index in [0.717, 1.165) is 10.9 Å². The van der Waals surface area contributed by atoms with Gasteiger partial charge in [0.25, 0.3) is 0 Å². The Morgan fingerprint density at radius 2 is 1.78 bits per heavy atom. The Morgan fingerprint density at radius 1 is 1.09 bits per heavy atom. The van der Waals surface area contributed by atoms with Crippen LogP contribution in [0.4, 0.5) is 0 Å². The number of carbonyl (C=O) groups is 2. The maximum absolute atomic E-state index is 11.8. The van der Waals surface area contributed by atoms with Gasteiger partial charge in [0.2, 0.25) is 0 Å². The van der Waals surface area contributed by atoms with Crippen molar-refractivity contribution in [1.29, 1.82) is 0 Å². The van der Waals surface area contributed by atoms with Crippen LogP contribution in [0.25, 0.3) is 0 Å². The first-order chi connectivity index (χ1) is 11.0. The molecule has 0 bridgehead atoms. The van der Waals surface area contributed by atoms with Crippen molar-refractivity contribution in [1.82, 2.24) is 0 Å². The maximum atomic E-state index is 11.8. The van der Waals surface area contributed by atoms with Gasteiger partial charge in [0, 0.05) is 5.56 Å². The number of hydrogen-bond acceptors (Lipinski definition) is 4. The van der Waals surface area contributed by atoms with Gasteiger partial charge in [-0.05, 0) is 71.2 Å². The molecule has 0 aliphatic rings. The fourth-order valence-corrected chi connectivity index (χ4v) is 2.48. The Bertz CT molecular complexity index is 707. The van der Waals surface area contributed by atoms with Crippen molar-refractivity contribution in [3.8, 4) is 11.5 Å². The van der Waals surface area contributed by atoms with Crippen LogP contribution in [0.2, 0.25) is 0 Å². The fourth-order valence-electron chi connectivity index (χ4n) is 1.94. The number of hydrogen-bond donors (Lipinski definition) is 0. The number of halogens is 1. The van der Waals surface area contributed by atoms with Gasteiger partial charge in [0.1, 0.15) is 11.5 Å². The van der Waals surface area contributed by atoms with E-state index in [9.17, 15) is 9.59 Å². The number of aryl methyl sites for hydroxylation is 1. The van der Waals surface area contributed by atoms with Gasteiger partial charge in [-0.1, -0.05) is 13.0 Å². The molecule has 0 heterocycles. The second-order valence-electron chi connectivity index (χ2n) is 4.96. The van der Waals surface area contributed by atoms with E-state index in [2.05, 4.69) is 22.9 Å². The number of Topliss-reactive ketones (excluding diaryl/α,β-unsaturated/α-hetero) is 1. The Labute approximate surface area is 143 Å². The Hall–Kier alpha value is -2.14. The lowest BCUT2D eigenvalue weighted by Gasteiger charge is -2.09. The molecule has 0 fully saturated rings. The molecule has 4 nitrogen and oxygen atoms in total. The average Bonchev–Trinajstić information content (AvgIpc) is 2.54. The maximum Gasteiger partial charge on any atom is 0.349 e. The van der Waals surface area contributed by atoms with Crippen molar-refractivity contribution in [2.75, 3.05) is 6.61 Å². The molecule has 0 radical (unpaired) electrons. The number of carbonyl (C=O) groups excluding carboxylic acids is 2. The molecular weight excluding hydrogens is 360 g/mol. The highest BCUT2D eigenvalue weighted by Gasteiger charge is 2.09. The molecule has 2 rings (SSSR count). The smallest absolute Gasteiger partial charge is 0.349 e. The number of rotatable bonds is 6. The van der Waals surface area contributed by atoms with Gasteiger partial charge in [-0.2, -0.15) is 0 Å². The number of esters is 1. The molecule has 0 saturated heterocycles. The summed E-state index contributed by atoms with van der Waals surface area (Å²) in [5, 5.41) is 0. The highest BCUT2D eigenvalue weighted by atomic mass is 79.9. The van der Waals surface area contributed by atoms with Crippen molar-refractivity contribution in [2.45, 2.75) is 20.3 Å². The normalized spacial score (nSPS) is 10.2. The molecule has 0 amide bonds. The summed E-state index contributed by atoms with van der Waals surface area (Å²) in [4.78, 5) is 23.0. The van der Waals surface area contributed by atoms with E-state index in [1.54, 1.807) is 24.3 Å². The molecular formula is C18H17BrO4. The first kappa shape index (κ1) is 17.2. The summed E-state index contributed by atoms with van der Waals surface area (Å²) in [6.07, 6.45) is 0.928. The summed E-state index contributed by atoms with van der Waals surface area (Å²) in [6, 6.07) is 12.1. The second kappa shape index (κ2) is 7.92. The van der Waals surface area contributed by atoms with Crippen LogP contribution in [0.5, 0.6) is 11.5 Å². The number of benzene rings is 2. The Kier molecular flexibility index (Phi) is 5.93. The third-order valence-electron chi connectivity index (χ3n) is 3.24. The van der Waals surface area contributed by atoms with Crippen LogP contribution in [0, 0.1) is 0 Å². The largest absolute Gasteiger partial charge is 0.481 e. The lowest BCUT2D eigenvalue weighted by Crippen LogP contribution is -2.17. The Balaban J connectivity index is 1.91. The monoisotopic (exact) mass is 376 g/mol. The summed E-state index contributed by atoms with van der Waals surface area (Å²) in [6.45, 7) is 3.35. The molecule has 0 aliphatic carbocycles. The standard InChI is InChI=1S/C18H17BrO4/c1-3-13-4-9-17(16(19)10-13)22-11-18(21)23-15-7-5-14(6-8-15)12(2)20/h4-10H,3,11H2,1-2H3. The van der Waals surface area contributed by atoms with Crippen molar-refractivity contribution in [2.24, 2.45) is 0 Å². The van der Waals surface area contributed by atoms with Crippen molar-refractivity contribution in [3.05, 3.63) is 58.1 Å². The SMILES string of the molecule is CCc1ccc(OCC(=O)Oc2ccc(C(C)=O)cc2)c(Br)c1. The van der Waals surface area contributed by atoms with Crippen LogP contribution in [0.1, 0.15) is 29.8 Å². The van der Waals surface area contributed by atoms with E-state index in [0.29, 0.717) is 17.1 Å². The van der Waals surface area contributed by atoms with Crippen molar-refractivity contribution in [3.63, 3.8) is 0 Å². The van der Waals surface area contributed by atoms with E-state index in [-0.39, 0.29) is 12.4 Å². The van der Waals surface area contributed by atoms with E-state index in [1.165, 1.54) is 12.5 Å². The van der Waals surface area contributed by atoms with Crippen LogP contribution in [0.15, 0.2) is 46.9 Å². The lowest BCUT2D eigenvalue weighted by molar-refractivity contribution is -0.136. The summed E-state index contributed by atoms with van der Waals surface area (Å²) in [5.41, 5.74) is 1.75. The third kappa shape index (κ3) is 4.93. The molecule has 0 aromatic heterocycles. The van der Waals surface area contributed by atoms with E-state index >= 15 is 0 Å². The van der Waals surface area contributed by atoms with E-state index in [1.807, 2.05) is 18.2 Å². The molecule has 0 saturated carbocycles. The molecule has 2 aromatic rings. The molecule has 5 heteroatoms. The summed E-state index contributed by atoms with van der Waals surface area (Å²) < 4.78 is 11.4. The topological polar surface area (TPSA) is 52.6 Å². The fraction of sp³-hybridized carbons (Fsp3) is 0.222.